The molecule has 2 bridgehead atoms. The van der Waals surface area contributed by atoms with Crippen LogP contribution in [0, 0.1) is 11.8 Å². The number of hydrogen-bond acceptors (Lipinski definition) is 3. The van der Waals surface area contributed by atoms with E-state index < -0.39 is 11.9 Å². The van der Waals surface area contributed by atoms with Crippen molar-refractivity contribution in [1.82, 2.24) is 0 Å². The highest BCUT2D eigenvalue weighted by Crippen LogP contribution is 2.53. The van der Waals surface area contributed by atoms with Crippen molar-refractivity contribution in [3.05, 3.63) is 0 Å². The van der Waals surface area contributed by atoms with Gasteiger partial charge in [0.05, 0.1) is 0 Å². The van der Waals surface area contributed by atoms with Gasteiger partial charge in [-0.1, -0.05) is 0 Å². The fourth-order valence-corrected chi connectivity index (χ4v) is 2.21. The monoisotopic (exact) mass is 157 g/mol. The minimum Gasteiger partial charge on any atom is -0.450 e. The van der Waals surface area contributed by atoms with Crippen LogP contribution in [0.1, 0.15) is 19.3 Å². The summed E-state index contributed by atoms with van der Waals surface area (Å²) in [5, 5.41) is 8.37. The van der Waals surface area contributed by atoms with E-state index >= 15 is 0 Å². The molecule has 0 amide bonds. The van der Waals surface area contributed by atoms with Crippen molar-refractivity contribution in [1.29, 1.82) is 0 Å². The van der Waals surface area contributed by atoms with Crippen LogP contribution in [-0.4, -0.2) is 17.0 Å². The van der Waals surface area contributed by atoms with E-state index in [0.717, 1.165) is 12.8 Å². The maximum absolute atomic E-state index is 10.2. The molecule has 0 heterocycles. The lowest BCUT2D eigenvalue weighted by Crippen LogP contribution is -2.46. The third-order valence-electron chi connectivity index (χ3n) is 2.81. The van der Waals surface area contributed by atoms with E-state index in [1.54, 1.807) is 0 Å². The second-order valence-corrected chi connectivity index (χ2v) is 3.56. The number of fused-ring (bicyclic) bond motifs is 1. The molecule has 1 atom stereocenters. The summed E-state index contributed by atoms with van der Waals surface area (Å²) in [6, 6.07) is 0. The molecule has 0 spiro atoms. The molecule has 1 unspecified atom stereocenters. The van der Waals surface area contributed by atoms with Crippen molar-refractivity contribution >= 4 is 6.16 Å². The van der Waals surface area contributed by atoms with Gasteiger partial charge in [0.25, 0.3) is 0 Å². The van der Waals surface area contributed by atoms with Crippen LogP contribution in [0.3, 0.4) is 0 Å². The van der Waals surface area contributed by atoms with E-state index in [9.17, 15) is 4.79 Å². The van der Waals surface area contributed by atoms with E-state index in [-0.39, 0.29) is 5.92 Å². The van der Waals surface area contributed by atoms with Crippen LogP contribution in [0.2, 0.25) is 0 Å². The lowest BCUT2D eigenvalue weighted by atomic mass is 9.83. The normalized spacial score (nSPS) is 46.6. The van der Waals surface area contributed by atoms with E-state index in [1.807, 2.05) is 0 Å². The lowest BCUT2D eigenvalue weighted by Gasteiger charge is -2.29. The zero-order chi connectivity index (χ0) is 8.06. The van der Waals surface area contributed by atoms with Crippen molar-refractivity contribution < 1.29 is 14.6 Å². The van der Waals surface area contributed by atoms with Crippen molar-refractivity contribution in [2.45, 2.75) is 25.0 Å². The molecule has 3 N–H and O–H groups in total. The highest BCUT2D eigenvalue weighted by molar-refractivity contribution is 5.57. The van der Waals surface area contributed by atoms with Crippen LogP contribution in [-0.2, 0) is 4.74 Å². The second-order valence-electron chi connectivity index (χ2n) is 3.56. The van der Waals surface area contributed by atoms with Gasteiger partial charge in [0.15, 0.2) is 5.72 Å². The van der Waals surface area contributed by atoms with Crippen molar-refractivity contribution in [2.75, 3.05) is 0 Å². The smallest absolute Gasteiger partial charge is 0.450 e. The summed E-state index contributed by atoms with van der Waals surface area (Å²) in [7, 11) is 0. The molecule has 0 aliphatic heterocycles. The van der Waals surface area contributed by atoms with Crippen LogP contribution in [0.4, 0.5) is 4.79 Å². The average molecular weight is 157 g/mol. The number of ether oxygens (including phenoxy) is 1. The van der Waals surface area contributed by atoms with Gasteiger partial charge < -0.3 is 9.84 Å². The molecule has 4 heteroatoms. The number of hydrogen-bond donors (Lipinski definition) is 2. The number of carboxylic acid groups (broad SMARTS) is 1. The van der Waals surface area contributed by atoms with Gasteiger partial charge in [0, 0.05) is 12.3 Å². The average Bonchev–Trinajstić information content (AvgIpc) is 2.13. The molecule has 3 fully saturated rings. The minimum atomic E-state index is -1.25. The molecule has 0 aromatic heterocycles. The topological polar surface area (TPSA) is 72.5 Å². The minimum absolute atomic E-state index is 0.281. The zero-order valence-electron chi connectivity index (χ0n) is 6.12. The van der Waals surface area contributed by atoms with Crippen LogP contribution in [0.5, 0.6) is 0 Å². The Hall–Kier alpha value is -0.770. The van der Waals surface area contributed by atoms with Gasteiger partial charge in [0.1, 0.15) is 0 Å². The largest absolute Gasteiger partial charge is 0.507 e. The van der Waals surface area contributed by atoms with E-state index in [1.165, 1.54) is 0 Å². The molecule has 3 saturated carbocycles. The van der Waals surface area contributed by atoms with Gasteiger partial charge in [-0.15, -0.1) is 0 Å². The predicted molar refractivity (Wildman–Crippen MR) is 36.9 cm³/mol. The van der Waals surface area contributed by atoms with E-state index in [4.69, 9.17) is 10.8 Å². The summed E-state index contributed by atoms with van der Waals surface area (Å²) >= 11 is 0. The first-order valence-corrected chi connectivity index (χ1v) is 3.81. The Labute approximate surface area is 64.3 Å². The third kappa shape index (κ3) is 0.894. The summed E-state index contributed by atoms with van der Waals surface area (Å²) in [4.78, 5) is 10.2. The third-order valence-corrected chi connectivity index (χ3v) is 2.81. The Morgan fingerprint density at radius 2 is 2.27 bits per heavy atom. The van der Waals surface area contributed by atoms with Crippen LogP contribution in [0.15, 0.2) is 0 Å². The van der Waals surface area contributed by atoms with Crippen molar-refractivity contribution in [3.8, 4) is 0 Å². The van der Waals surface area contributed by atoms with Gasteiger partial charge in [-0.25, -0.2) is 4.79 Å². The zero-order valence-corrected chi connectivity index (χ0v) is 6.12. The quantitative estimate of drug-likeness (QED) is 0.435. The first-order valence-electron chi connectivity index (χ1n) is 3.81. The molecule has 3 aliphatic carbocycles. The molecule has 3 rings (SSSR count). The molecule has 3 aliphatic rings. The van der Waals surface area contributed by atoms with Crippen molar-refractivity contribution in [2.24, 2.45) is 17.6 Å². The molecular weight excluding hydrogens is 146 g/mol. The number of rotatable bonds is 1. The second kappa shape index (κ2) is 1.88. The van der Waals surface area contributed by atoms with Gasteiger partial charge in [-0.05, 0) is 18.8 Å². The SMILES string of the molecule is NC1(OC(=O)O)CC2CC1C2. The lowest BCUT2D eigenvalue weighted by molar-refractivity contribution is -0.0330. The van der Waals surface area contributed by atoms with Gasteiger partial charge in [-0.2, -0.15) is 0 Å². The Bertz CT molecular complexity index is 200. The van der Waals surface area contributed by atoms with Gasteiger partial charge >= 0.3 is 6.16 Å². The fraction of sp³-hybridized carbons (Fsp3) is 0.857. The molecule has 4 nitrogen and oxygen atoms in total. The standard InChI is InChI=1S/C7H11NO3/c8-7(11-6(9)10)3-4-1-5(7)2-4/h4-5H,1-3,8H2,(H,9,10). The summed E-state index contributed by atoms with van der Waals surface area (Å²) in [6.45, 7) is 0. The van der Waals surface area contributed by atoms with Crippen LogP contribution >= 0.6 is 0 Å². The van der Waals surface area contributed by atoms with E-state index in [0.29, 0.717) is 12.3 Å². The Morgan fingerprint density at radius 1 is 1.64 bits per heavy atom. The molecule has 62 valence electrons. The Kier molecular flexibility index (Phi) is 1.18. The number of nitrogens with two attached hydrogens (primary N) is 1. The summed E-state index contributed by atoms with van der Waals surface area (Å²) in [5.41, 5.74) is 4.89. The maximum Gasteiger partial charge on any atom is 0.507 e. The van der Waals surface area contributed by atoms with Gasteiger partial charge in [-0.3, -0.25) is 5.73 Å². The fourth-order valence-electron chi connectivity index (χ4n) is 2.21. The summed E-state index contributed by atoms with van der Waals surface area (Å²) in [6.07, 6.45) is 1.55. The van der Waals surface area contributed by atoms with Crippen LogP contribution < -0.4 is 5.73 Å². The first kappa shape index (κ1) is 6.91. The predicted octanol–water partition coefficient (Wildman–Crippen LogP) is 0.766. The van der Waals surface area contributed by atoms with Gasteiger partial charge in [0.2, 0.25) is 0 Å². The molecule has 0 aromatic rings. The molecule has 11 heavy (non-hydrogen) atoms. The van der Waals surface area contributed by atoms with Crippen molar-refractivity contribution in [3.63, 3.8) is 0 Å². The Morgan fingerprint density at radius 3 is 2.64 bits per heavy atom. The number of carbonyl (C=O) groups is 1. The molecule has 0 aromatic carbocycles. The highest BCUT2D eigenvalue weighted by Gasteiger charge is 2.55. The highest BCUT2D eigenvalue weighted by atomic mass is 16.7. The molecule has 0 radical (unpaired) electrons. The maximum atomic E-state index is 10.2. The molecule has 0 saturated heterocycles. The van der Waals surface area contributed by atoms with Crippen LogP contribution in [0.25, 0.3) is 0 Å². The summed E-state index contributed by atoms with van der Waals surface area (Å²) in [5.74, 6) is 0.896. The molecular formula is C7H11NO3. The van der Waals surface area contributed by atoms with E-state index in [2.05, 4.69) is 4.74 Å². The first-order chi connectivity index (χ1) is 5.10. The summed E-state index contributed by atoms with van der Waals surface area (Å²) < 4.78 is 4.65. The Balaban J connectivity index is 2.05.